The van der Waals surface area contributed by atoms with Gasteiger partial charge in [-0.15, -0.1) is 0 Å². The van der Waals surface area contributed by atoms with Crippen molar-refractivity contribution in [1.29, 1.82) is 0 Å². The molecule has 0 spiro atoms. The zero-order valence-electron chi connectivity index (χ0n) is 15.6. The second-order valence-corrected chi connectivity index (χ2v) is 7.32. The second-order valence-electron chi connectivity index (χ2n) is 7.32. The van der Waals surface area contributed by atoms with Gasteiger partial charge in [0.05, 0.1) is 7.11 Å². The summed E-state index contributed by atoms with van der Waals surface area (Å²) in [4.78, 5) is 37.7. The Morgan fingerprint density at radius 1 is 1.04 bits per heavy atom. The Morgan fingerprint density at radius 3 is 1.87 bits per heavy atom. The Labute approximate surface area is 138 Å². The molecule has 0 bridgehead atoms. The highest BCUT2D eigenvalue weighted by molar-refractivity contribution is 5.92. The molecule has 7 nitrogen and oxygen atoms in total. The molecule has 0 aliphatic carbocycles. The molecule has 0 unspecified atom stereocenters. The molecule has 0 aliphatic rings. The fourth-order valence-corrected chi connectivity index (χ4v) is 1.65. The molecule has 134 valence electrons. The average molecular weight is 330 g/mol. The van der Waals surface area contributed by atoms with E-state index in [0.717, 1.165) is 0 Å². The monoisotopic (exact) mass is 330 g/mol. The highest BCUT2D eigenvalue weighted by atomic mass is 16.6. The smallest absolute Gasteiger partial charge is 0.410 e. The summed E-state index contributed by atoms with van der Waals surface area (Å²) in [6, 6.07) is -0.779. The molecule has 2 amide bonds. The van der Waals surface area contributed by atoms with Crippen LogP contribution in [0.5, 0.6) is 0 Å². The van der Waals surface area contributed by atoms with Crippen molar-refractivity contribution < 1.29 is 23.9 Å². The lowest BCUT2D eigenvalue weighted by Gasteiger charge is -2.36. The maximum absolute atomic E-state index is 12.5. The third-order valence-corrected chi connectivity index (χ3v) is 3.47. The quantitative estimate of drug-likeness (QED) is 0.779. The lowest BCUT2D eigenvalue weighted by atomic mass is 9.99. The van der Waals surface area contributed by atoms with E-state index in [4.69, 9.17) is 9.47 Å². The Bertz CT molecular complexity index is 452. The van der Waals surface area contributed by atoms with Crippen molar-refractivity contribution in [3.05, 3.63) is 0 Å². The molecule has 0 fully saturated rings. The number of nitrogens with one attached hydrogen (secondary N) is 1. The summed E-state index contributed by atoms with van der Waals surface area (Å²) in [5.74, 6) is -1.13. The molecule has 0 aromatic rings. The maximum atomic E-state index is 12.5. The van der Waals surface area contributed by atoms with Crippen molar-refractivity contribution in [1.82, 2.24) is 10.2 Å². The average Bonchev–Trinajstić information content (AvgIpc) is 2.40. The standard InChI is InChI=1S/C16H30N2O5/c1-10(2)11(12(19)22-9)17-13(20)16(6,7)18(8)14(21)23-15(3,4)5/h10-11H,1-9H3,(H,17,20)/t11-/m0/s1. The highest BCUT2D eigenvalue weighted by Crippen LogP contribution is 2.18. The van der Waals surface area contributed by atoms with E-state index in [2.05, 4.69) is 5.32 Å². The second kappa shape index (κ2) is 7.66. The minimum Gasteiger partial charge on any atom is -0.467 e. The van der Waals surface area contributed by atoms with Gasteiger partial charge in [-0.3, -0.25) is 9.69 Å². The van der Waals surface area contributed by atoms with Gasteiger partial charge >= 0.3 is 12.1 Å². The number of hydrogen-bond donors (Lipinski definition) is 1. The van der Waals surface area contributed by atoms with E-state index in [1.165, 1.54) is 19.1 Å². The van der Waals surface area contributed by atoms with Crippen LogP contribution in [-0.2, 0) is 19.1 Å². The molecule has 1 N–H and O–H groups in total. The Morgan fingerprint density at radius 2 is 1.52 bits per heavy atom. The van der Waals surface area contributed by atoms with Crippen LogP contribution in [0.15, 0.2) is 0 Å². The van der Waals surface area contributed by atoms with E-state index in [9.17, 15) is 14.4 Å². The van der Waals surface area contributed by atoms with Crippen molar-refractivity contribution in [2.24, 2.45) is 5.92 Å². The summed E-state index contributed by atoms with van der Waals surface area (Å²) in [7, 11) is 2.75. The van der Waals surface area contributed by atoms with E-state index >= 15 is 0 Å². The third-order valence-electron chi connectivity index (χ3n) is 3.47. The molecule has 0 heterocycles. The van der Waals surface area contributed by atoms with E-state index in [-0.39, 0.29) is 5.92 Å². The first-order chi connectivity index (χ1) is 10.2. The zero-order chi connectivity index (χ0) is 18.6. The van der Waals surface area contributed by atoms with Crippen LogP contribution in [0.25, 0.3) is 0 Å². The fourth-order valence-electron chi connectivity index (χ4n) is 1.65. The topological polar surface area (TPSA) is 84.9 Å². The van der Waals surface area contributed by atoms with Crippen molar-refractivity contribution in [2.75, 3.05) is 14.2 Å². The fraction of sp³-hybridized carbons (Fsp3) is 0.812. The predicted molar refractivity (Wildman–Crippen MR) is 86.9 cm³/mol. The van der Waals surface area contributed by atoms with Crippen LogP contribution in [0.4, 0.5) is 4.79 Å². The van der Waals surface area contributed by atoms with Crippen molar-refractivity contribution in [2.45, 2.75) is 65.6 Å². The molecular weight excluding hydrogens is 300 g/mol. The first-order valence-corrected chi connectivity index (χ1v) is 7.59. The first kappa shape index (κ1) is 21.2. The lowest BCUT2D eigenvalue weighted by molar-refractivity contribution is -0.147. The number of carbonyl (C=O) groups excluding carboxylic acids is 3. The SMILES string of the molecule is COC(=O)[C@@H](NC(=O)C(C)(C)N(C)C(=O)OC(C)(C)C)C(C)C. The van der Waals surface area contributed by atoms with Gasteiger partial charge in [-0.1, -0.05) is 13.8 Å². The van der Waals surface area contributed by atoms with E-state index in [0.29, 0.717) is 0 Å². The van der Waals surface area contributed by atoms with E-state index in [1.54, 1.807) is 48.5 Å². The Kier molecular flexibility index (Phi) is 7.06. The van der Waals surface area contributed by atoms with Gasteiger partial charge in [-0.25, -0.2) is 9.59 Å². The molecule has 0 radical (unpaired) electrons. The summed E-state index contributed by atoms with van der Waals surface area (Å²) in [5.41, 5.74) is -1.85. The molecule has 23 heavy (non-hydrogen) atoms. The summed E-state index contributed by atoms with van der Waals surface area (Å²) in [5, 5.41) is 2.64. The van der Waals surface area contributed by atoms with Gasteiger partial charge in [0.1, 0.15) is 17.2 Å². The maximum Gasteiger partial charge on any atom is 0.410 e. The van der Waals surface area contributed by atoms with Gasteiger partial charge in [0.2, 0.25) is 5.91 Å². The van der Waals surface area contributed by atoms with Gasteiger partial charge in [0.15, 0.2) is 0 Å². The summed E-state index contributed by atoms with van der Waals surface area (Å²) in [6.45, 7) is 12.0. The number of rotatable bonds is 5. The van der Waals surface area contributed by atoms with E-state index in [1.807, 2.05) is 0 Å². The molecule has 1 atom stereocenters. The Balaban J connectivity index is 5.14. The number of esters is 1. The predicted octanol–water partition coefficient (Wildman–Crippen LogP) is 1.95. The summed E-state index contributed by atoms with van der Waals surface area (Å²) < 4.78 is 9.97. The largest absolute Gasteiger partial charge is 0.467 e. The number of methoxy groups -OCH3 is 1. The van der Waals surface area contributed by atoms with Crippen LogP contribution in [-0.4, -0.2) is 54.2 Å². The molecule has 0 saturated carbocycles. The van der Waals surface area contributed by atoms with Gasteiger partial charge < -0.3 is 14.8 Å². The van der Waals surface area contributed by atoms with Gasteiger partial charge in [-0.05, 0) is 40.5 Å². The normalized spacial score (nSPS) is 13.3. The number of likely N-dealkylation sites (N-methyl/N-ethyl adjacent to an activating group) is 1. The Hall–Kier alpha value is -1.79. The third kappa shape index (κ3) is 6.08. The molecule has 7 heteroatoms. The van der Waals surface area contributed by atoms with Crippen LogP contribution in [0.1, 0.15) is 48.5 Å². The van der Waals surface area contributed by atoms with Crippen molar-refractivity contribution in [3.8, 4) is 0 Å². The molecule has 0 aliphatic heterocycles. The highest BCUT2D eigenvalue weighted by Gasteiger charge is 2.39. The van der Waals surface area contributed by atoms with Crippen LogP contribution >= 0.6 is 0 Å². The van der Waals surface area contributed by atoms with Crippen molar-refractivity contribution in [3.63, 3.8) is 0 Å². The lowest BCUT2D eigenvalue weighted by Crippen LogP contribution is -2.59. The molecule has 0 aromatic carbocycles. The minimum absolute atomic E-state index is 0.144. The van der Waals surface area contributed by atoms with Gasteiger partial charge in [0, 0.05) is 7.05 Å². The van der Waals surface area contributed by atoms with Gasteiger partial charge in [-0.2, -0.15) is 0 Å². The zero-order valence-corrected chi connectivity index (χ0v) is 15.6. The minimum atomic E-state index is -1.19. The summed E-state index contributed by atoms with van der Waals surface area (Å²) in [6.07, 6.45) is -0.614. The summed E-state index contributed by atoms with van der Waals surface area (Å²) >= 11 is 0. The first-order valence-electron chi connectivity index (χ1n) is 7.59. The molecular formula is C16H30N2O5. The molecule has 0 aromatic heterocycles. The number of amides is 2. The van der Waals surface area contributed by atoms with Gasteiger partial charge in [0.25, 0.3) is 0 Å². The van der Waals surface area contributed by atoms with Crippen molar-refractivity contribution >= 4 is 18.0 Å². The van der Waals surface area contributed by atoms with Crippen LogP contribution in [0.3, 0.4) is 0 Å². The molecule has 0 saturated heterocycles. The number of ether oxygens (including phenoxy) is 2. The van der Waals surface area contributed by atoms with Crippen LogP contribution < -0.4 is 5.32 Å². The molecule has 0 rings (SSSR count). The van der Waals surface area contributed by atoms with E-state index < -0.39 is 35.2 Å². The van der Waals surface area contributed by atoms with Crippen LogP contribution in [0.2, 0.25) is 0 Å². The van der Waals surface area contributed by atoms with Crippen LogP contribution in [0, 0.1) is 5.92 Å². The number of hydrogen-bond acceptors (Lipinski definition) is 5. The number of carbonyl (C=O) groups is 3. The number of nitrogens with zero attached hydrogens (tertiary/aromatic N) is 1.